The second-order valence-electron chi connectivity index (χ2n) is 5.42. The summed E-state index contributed by atoms with van der Waals surface area (Å²) < 4.78 is 5.37. The molecule has 1 aromatic rings. The number of rotatable bonds is 5. The van der Waals surface area contributed by atoms with Crippen molar-refractivity contribution in [3.05, 3.63) is 24.3 Å². The van der Waals surface area contributed by atoms with E-state index in [0.29, 0.717) is 12.0 Å². The molecule has 1 unspecified atom stereocenters. The van der Waals surface area contributed by atoms with Crippen molar-refractivity contribution in [1.82, 2.24) is 0 Å². The van der Waals surface area contributed by atoms with E-state index in [-0.39, 0.29) is 5.54 Å². The maximum Gasteiger partial charge on any atom is 0.141 e. The molecule has 3 heteroatoms. The number of hydrogen-bond acceptors (Lipinski definition) is 3. The molecule has 1 fully saturated rings. The Morgan fingerprint density at radius 2 is 2.06 bits per heavy atom. The van der Waals surface area contributed by atoms with Crippen molar-refractivity contribution in [1.29, 1.82) is 0 Å². The molecule has 1 atom stereocenters. The molecule has 0 amide bonds. The van der Waals surface area contributed by atoms with Gasteiger partial charge in [-0.15, -0.1) is 0 Å². The van der Waals surface area contributed by atoms with E-state index in [9.17, 15) is 0 Å². The number of benzene rings is 1. The summed E-state index contributed by atoms with van der Waals surface area (Å²) in [5.74, 6) is 0.872. The van der Waals surface area contributed by atoms with E-state index in [2.05, 4.69) is 19.2 Å². The lowest BCUT2D eigenvalue weighted by Crippen LogP contribution is -2.49. The third-order valence-corrected chi connectivity index (χ3v) is 4.26. The van der Waals surface area contributed by atoms with E-state index in [1.165, 1.54) is 12.8 Å². The van der Waals surface area contributed by atoms with Gasteiger partial charge in [0.05, 0.1) is 18.3 Å². The number of hydrogen-bond donors (Lipinski definition) is 2. The van der Waals surface area contributed by atoms with Gasteiger partial charge in [0.15, 0.2) is 0 Å². The van der Waals surface area contributed by atoms with Gasteiger partial charge in [-0.25, -0.2) is 0 Å². The Bertz CT molecular complexity index is 401. The highest BCUT2D eigenvalue weighted by Crippen LogP contribution is 2.54. The fourth-order valence-corrected chi connectivity index (χ4v) is 2.23. The Balaban J connectivity index is 2.24. The Morgan fingerprint density at radius 1 is 1.41 bits per heavy atom. The Hall–Kier alpha value is -1.22. The SMILES string of the molecule is COc1ccccc1NC(C)(CN)C1(C)CC1. The van der Waals surface area contributed by atoms with Crippen molar-refractivity contribution in [2.45, 2.75) is 32.2 Å². The molecule has 0 spiro atoms. The highest BCUT2D eigenvalue weighted by Gasteiger charge is 2.52. The Labute approximate surface area is 103 Å². The molecule has 0 saturated heterocycles. The molecule has 0 radical (unpaired) electrons. The average molecular weight is 234 g/mol. The Kier molecular flexibility index (Phi) is 3.04. The van der Waals surface area contributed by atoms with Crippen LogP contribution < -0.4 is 15.8 Å². The molecule has 3 nitrogen and oxygen atoms in total. The van der Waals surface area contributed by atoms with Gasteiger partial charge >= 0.3 is 0 Å². The van der Waals surface area contributed by atoms with E-state index in [1.54, 1.807) is 7.11 Å². The summed E-state index contributed by atoms with van der Waals surface area (Å²) in [4.78, 5) is 0. The predicted molar refractivity (Wildman–Crippen MR) is 71.4 cm³/mol. The number of nitrogens with one attached hydrogen (secondary N) is 1. The van der Waals surface area contributed by atoms with Crippen LogP contribution in [0.3, 0.4) is 0 Å². The summed E-state index contributed by atoms with van der Waals surface area (Å²) in [6.45, 7) is 5.12. The van der Waals surface area contributed by atoms with Crippen molar-refractivity contribution in [3.63, 3.8) is 0 Å². The largest absolute Gasteiger partial charge is 0.495 e. The lowest BCUT2D eigenvalue weighted by molar-refractivity contribution is 0.330. The smallest absolute Gasteiger partial charge is 0.141 e. The fraction of sp³-hybridized carbons (Fsp3) is 0.571. The number of methoxy groups -OCH3 is 1. The summed E-state index contributed by atoms with van der Waals surface area (Å²) in [6, 6.07) is 7.99. The van der Waals surface area contributed by atoms with Gasteiger partial charge < -0.3 is 15.8 Å². The first-order valence-electron chi connectivity index (χ1n) is 6.16. The van der Waals surface area contributed by atoms with Crippen LogP contribution in [-0.2, 0) is 0 Å². The van der Waals surface area contributed by atoms with Gasteiger partial charge in [-0.05, 0) is 37.3 Å². The van der Waals surface area contributed by atoms with Crippen molar-refractivity contribution in [2.75, 3.05) is 19.0 Å². The van der Waals surface area contributed by atoms with Crippen LogP contribution >= 0.6 is 0 Å². The van der Waals surface area contributed by atoms with Gasteiger partial charge in [0.25, 0.3) is 0 Å². The van der Waals surface area contributed by atoms with Crippen molar-refractivity contribution < 1.29 is 4.74 Å². The molecule has 1 saturated carbocycles. The molecule has 0 aliphatic heterocycles. The first-order valence-corrected chi connectivity index (χ1v) is 6.16. The molecular weight excluding hydrogens is 212 g/mol. The number of anilines is 1. The third kappa shape index (κ3) is 2.12. The maximum atomic E-state index is 5.97. The first kappa shape index (κ1) is 12.2. The molecule has 94 valence electrons. The second-order valence-corrected chi connectivity index (χ2v) is 5.42. The summed E-state index contributed by atoms with van der Waals surface area (Å²) in [5.41, 5.74) is 7.23. The topological polar surface area (TPSA) is 47.3 Å². The zero-order valence-corrected chi connectivity index (χ0v) is 10.9. The molecule has 1 aliphatic rings. The number of para-hydroxylation sites is 2. The van der Waals surface area contributed by atoms with Crippen molar-refractivity contribution in [3.8, 4) is 5.75 Å². The number of nitrogens with two attached hydrogens (primary N) is 1. The summed E-state index contributed by atoms with van der Waals surface area (Å²) in [6.07, 6.45) is 2.48. The van der Waals surface area contributed by atoms with Crippen molar-refractivity contribution in [2.24, 2.45) is 11.1 Å². The summed E-state index contributed by atoms with van der Waals surface area (Å²) in [7, 11) is 1.69. The van der Waals surface area contributed by atoms with E-state index in [0.717, 1.165) is 11.4 Å². The van der Waals surface area contributed by atoms with Crippen LogP contribution in [0.1, 0.15) is 26.7 Å². The second kappa shape index (κ2) is 4.22. The summed E-state index contributed by atoms with van der Waals surface area (Å²) >= 11 is 0. The normalized spacial score (nSPS) is 20.5. The van der Waals surface area contributed by atoms with Gasteiger partial charge in [-0.3, -0.25) is 0 Å². The van der Waals surface area contributed by atoms with Crippen LogP contribution in [0.25, 0.3) is 0 Å². The van der Waals surface area contributed by atoms with E-state index >= 15 is 0 Å². The van der Waals surface area contributed by atoms with Crippen LogP contribution in [0.2, 0.25) is 0 Å². The lowest BCUT2D eigenvalue weighted by Gasteiger charge is -2.37. The van der Waals surface area contributed by atoms with Gasteiger partial charge in [0.1, 0.15) is 5.75 Å². The van der Waals surface area contributed by atoms with Crippen LogP contribution in [0.4, 0.5) is 5.69 Å². The minimum Gasteiger partial charge on any atom is -0.495 e. The predicted octanol–water partition coefficient (Wildman–Crippen LogP) is 2.62. The van der Waals surface area contributed by atoms with Crippen LogP contribution in [-0.4, -0.2) is 19.2 Å². The van der Waals surface area contributed by atoms with Gasteiger partial charge in [0, 0.05) is 6.54 Å². The van der Waals surface area contributed by atoms with Gasteiger partial charge in [-0.2, -0.15) is 0 Å². The molecule has 2 rings (SSSR count). The number of ether oxygens (including phenoxy) is 1. The zero-order chi connectivity index (χ0) is 12.5. The van der Waals surface area contributed by atoms with Gasteiger partial charge in [0.2, 0.25) is 0 Å². The van der Waals surface area contributed by atoms with Gasteiger partial charge in [-0.1, -0.05) is 19.1 Å². The molecule has 0 bridgehead atoms. The quantitative estimate of drug-likeness (QED) is 0.823. The monoisotopic (exact) mass is 234 g/mol. The molecule has 3 N–H and O–H groups in total. The third-order valence-electron chi connectivity index (χ3n) is 4.26. The molecule has 0 aromatic heterocycles. The molecular formula is C14H22N2O. The van der Waals surface area contributed by atoms with Crippen molar-refractivity contribution >= 4 is 5.69 Å². The highest BCUT2D eigenvalue weighted by molar-refractivity contribution is 5.58. The molecule has 0 heterocycles. The van der Waals surface area contributed by atoms with Crippen LogP contribution in [0, 0.1) is 5.41 Å². The van der Waals surface area contributed by atoms with E-state index in [1.807, 2.05) is 24.3 Å². The average Bonchev–Trinajstić information content (AvgIpc) is 3.09. The molecule has 17 heavy (non-hydrogen) atoms. The zero-order valence-electron chi connectivity index (χ0n) is 10.9. The maximum absolute atomic E-state index is 5.97. The summed E-state index contributed by atoms with van der Waals surface area (Å²) in [5, 5.41) is 3.58. The lowest BCUT2D eigenvalue weighted by atomic mass is 9.83. The minimum absolute atomic E-state index is 0.0678. The van der Waals surface area contributed by atoms with E-state index < -0.39 is 0 Å². The van der Waals surface area contributed by atoms with Crippen LogP contribution in [0.15, 0.2) is 24.3 Å². The fourth-order valence-electron chi connectivity index (χ4n) is 2.23. The standard InChI is InChI=1S/C14H22N2O/c1-13(8-9-13)14(2,10-15)16-11-6-4-5-7-12(11)17-3/h4-7,16H,8-10,15H2,1-3H3. The molecule has 1 aliphatic carbocycles. The van der Waals surface area contributed by atoms with Crippen LogP contribution in [0.5, 0.6) is 5.75 Å². The molecule has 1 aromatic carbocycles. The first-order chi connectivity index (χ1) is 8.04. The van der Waals surface area contributed by atoms with E-state index in [4.69, 9.17) is 10.5 Å². The Morgan fingerprint density at radius 3 is 2.59 bits per heavy atom. The highest BCUT2D eigenvalue weighted by atomic mass is 16.5. The minimum atomic E-state index is -0.0678.